The van der Waals surface area contributed by atoms with Crippen LogP contribution in [-0.2, 0) is 0 Å². The van der Waals surface area contributed by atoms with Crippen LogP contribution in [0.5, 0.6) is 0 Å². The molecule has 16 heavy (non-hydrogen) atoms. The summed E-state index contributed by atoms with van der Waals surface area (Å²) in [5, 5.41) is 10.9. The van der Waals surface area contributed by atoms with Crippen molar-refractivity contribution in [2.75, 3.05) is 0 Å². The summed E-state index contributed by atoms with van der Waals surface area (Å²) in [7, 11) is 0. The lowest BCUT2D eigenvalue weighted by molar-refractivity contribution is -0.384. The molecule has 0 saturated heterocycles. The van der Waals surface area contributed by atoms with Crippen molar-refractivity contribution in [2.45, 2.75) is 25.3 Å². The van der Waals surface area contributed by atoms with Gasteiger partial charge in [-0.1, -0.05) is 24.1 Å². The molecule has 0 aromatic heterocycles. The quantitative estimate of drug-likeness (QED) is 0.652. The average molecular weight is 241 g/mol. The fraction of sp³-hybridized carbons (Fsp3) is 0.455. The molecule has 0 heterocycles. The average Bonchev–Trinajstić information content (AvgIpc) is 2.15. The zero-order chi connectivity index (χ0) is 11.7. The largest absolute Gasteiger partial charge is 0.324 e. The third-order valence-corrected chi connectivity index (χ3v) is 3.53. The van der Waals surface area contributed by atoms with E-state index in [0.717, 1.165) is 18.4 Å². The van der Waals surface area contributed by atoms with E-state index in [1.165, 1.54) is 12.5 Å². The topological polar surface area (TPSA) is 69.2 Å². The summed E-state index contributed by atoms with van der Waals surface area (Å²) >= 11 is 5.74. The molecule has 0 unspecified atom stereocenters. The summed E-state index contributed by atoms with van der Waals surface area (Å²) in [6.07, 6.45) is 3.42. The van der Waals surface area contributed by atoms with Gasteiger partial charge in [0.05, 0.1) is 4.92 Å². The lowest BCUT2D eigenvalue weighted by Crippen LogP contribution is -2.26. The van der Waals surface area contributed by atoms with E-state index < -0.39 is 4.92 Å². The molecular formula is C11H13ClN2O2. The van der Waals surface area contributed by atoms with E-state index in [4.69, 9.17) is 17.3 Å². The molecule has 1 aliphatic carbocycles. The zero-order valence-corrected chi connectivity index (χ0v) is 9.48. The fourth-order valence-corrected chi connectivity index (χ4v) is 2.13. The number of halogens is 1. The lowest BCUT2D eigenvalue weighted by atomic mass is 9.77. The molecule has 1 aliphatic rings. The Labute approximate surface area is 98.5 Å². The van der Waals surface area contributed by atoms with Crippen molar-refractivity contribution >= 4 is 17.3 Å². The molecule has 1 saturated carbocycles. The Bertz CT molecular complexity index is 418. The molecule has 0 spiro atoms. The summed E-state index contributed by atoms with van der Waals surface area (Å²) in [5.74, 6) is 0.459. The molecule has 0 bridgehead atoms. The second-order valence-corrected chi connectivity index (χ2v) is 4.59. The molecule has 0 amide bonds. The molecular weight excluding hydrogens is 228 g/mol. The van der Waals surface area contributed by atoms with Gasteiger partial charge in [0.25, 0.3) is 5.69 Å². The van der Waals surface area contributed by atoms with E-state index in [0.29, 0.717) is 5.92 Å². The molecule has 4 nitrogen and oxygen atoms in total. The number of nitrogens with two attached hydrogens (primary N) is 1. The third-order valence-electron chi connectivity index (χ3n) is 3.21. The van der Waals surface area contributed by atoms with Gasteiger partial charge in [0.1, 0.15) is 5.02 Å². The SMILES string of the molecule is N[C@H](c1ccc(Cl)c([N+](=O)[O-])c1)C1CCC1. The van der Waals surface area contributed by atoms with Crippen LogP contribution in [0.3, 0.4) is 0 Å². The Kier molecular flexibility index (Phi) is 3.12. The van der Waals surface area contributed by atoms with Crippen molar-refractivity contribution in [1.82, 2.24) is 0 Å². The predicted molar refractivity (Wildman–Crippen MR) is 62.4 cm³/mol. The predicted octanol–water partition coefficient (Wildman–Crippen LogP) is 3.05. The molecule has 0 radical (unpaired) electrons. The van der Waals surface area contributed by atoms with E-state index in [1.54, 1.807) is 12.1 Å². The highest BCUT2D eigenvalue weighted by Gasteiger charge is 2.27. The summed E-state index contributed by atoms with van der Waals surface area (Å²) < 4.78 is 0. The minimum atomic E-state index is -0.473. The number of benzene rings is 1. The highest BCUT2D eigenvalue weighted by Crippen LogP contribution is 2.37. The van der Waals surface area contributed by atoms with E-state index in [-0.39, 0.29) is 16.8 Å². The normalized spacial score (nSPS) is 17.9. The van der Waals surface area contributed by atoms with Crippen LogP contribution >= 0.6 is 11.6 Å². The van der Waals surface area contributed by atoms with Crippen molar-refractivity contribution < 1.29 is 4.92 Å². The van der Waals surface area contributed by atoms with Gasteiger partial charge in [0.15, 0.2) is 0 Å². The molecule has 2 N–H and O–H groups in total. The number of nitrogens with zero attached hydrogens (tertiary/aromatic N) is 1. The Morgan fingerprint density at radius 2 is 2.19 bits per heavy atom. The van der Waals surface area contributed by atoms with Crippen LogP contribution in [0.25, 0.3) is 0 Å². The standard InChI is InChI=1S/C11H13ClN2O2/c12-9-5-4-8(6-10(9)14(15)16)11(13)7-2-1-3-7/h4-7,11H,1-3,13H2/t11-/m0/s1. The van der Waals surface area contributed by atoms with Crippen LogP contribution in [0.4, 0.5) is 5.69 Å². The van der Waals surface area contributed by atoms with Crippen molar-refractivity contribution in [1.29, 1.82) is 0 Å². The minimum Gasteiger partial charge on any atom is -0.324 e. The van der Waals surface area contributed by atoms with E-state index in [1.807, 2.05) is 0 Å². The Balaban J connectivity index is 2.27. The van der Waals surface area contributed by atoms with Crippen molar-refractivity contribution in [3.8, 4) is 0 Å². The van der Waals surface area contributed by atoms with Gasteiger partial charge in [-0.05, 0) is 30.4 Å². The Hall–Kier alpha value is -1.13. The van der Waals surface area contributed by atoms with Crippen molar-refractivity contribution in [2.24, 2.45) is 11.7 Å². The number of hydrogen-bond donors (Lipinski definition) is 1. The van der Waals surface area contributed by atoms with Gasteiger partial charge in [0.2, 0.25) is 0 Å². The highest BCUT2D eigenvalue weighted by molar-refractivity contribution is 6.32. The fourth-order valence-electron chi connectivity index (χ4n) is 1.95. The van der Waals surface area contributed by atoms with Gasteiger partial charge in [-0.2, -0.15) is 0 Å². The number of nitro groups is 1. The first kappa shape index (κ1) is 11.4. The van der Waals surface area contributed by atoms with Crippen molar-refractivity contribution in [3.05, 3.63) is 38.9 Å². The number of hydrogen-bond acceptors (Lipinski definition) is 3. The molecule has 5 heteroatoms. The first-order valence-corrected chi connectivity index (χ1v) is 5.67. The van der Waals surface area contributed by atoms with Gasteiger partial charge in [-0.15, -0.1) is 0 Å². The third kappa shape index (κ3) is 2.03. The lowest BCUT2D eigenvalue weighted by Gasteiger charge is -2.31. The smallest absolute Gasteiger partial charge is 0.288 e. The second-order valence-electron chi connectivity index (χ2n) is 4.18. The summed E-state index contributed by atoms with van der Waals surface area (Å²) in [6.45, 7) is 0. The zero-order valence-electron chi connectivity index (χ0n) is 8.73. The number of rotatable bonds is 3. The van der Waals surface area contributed by atoms with Crippen LogP contribution < -0.4 is 5.73 Å². The van der Waals surface area contributed by atoms with E-state index in [2.05, 4.69) is 0 Å². The molecule has 0 aliphatic heterocycles. The first-order valence-electron chi connectivity index (χ1n) is 5.29. The van der Waals surface area contributed by atoms with Crippen LogP contribution in [0.2, 0.25) is 5.02 Å². The summed E-state index contributed by atoms with van der Waals surface area (Å²) in [6, 6.07) is 4.71. The van der Waals surface area contributed by atoms with Gasteiger partial charge in [0, 0.05) is 12.1 Å². The molecule has 86 valence electrons. The molecule has 1 atom stereocenters. The number of nitro benzene ring substituents is 1. The summed E-state index contributed by atoms with van der Waals surface area (Å²) in [4.78, 5) is 10.3. The molecule has 1 fully saturated rings. The molecule has 1 aromatic rings. The van der Waals surface area contributed by atoms with Crippen LogP contribution in [0, 0.1) is 16.0 Å². The minimum absolute atomic E-state index is 0.0612. The maximum Gasteiger partial charge on any atom is 0.288 e. The maximum atomic E-state index is 10.7. The van der Waals surface area contributed by atoms with Crippen LogP contribution in [0.1, 0.15) is 30.9 Å². The van der Waals surface area contributed by atoms with Crippen molar-refractivity contribution in [3.63, 3.8) is 0 Å². The van der Waals surface area contributed by atoms with Gasteiger partial charge in [-0.25, -0.2) is 0 Å². The van der Waals surface area contributed by atoms with E-state index >= 15 is 0 Å². The second kappa shape index (κ2) is 4.39. The highest BCUT2D eigenvalue weighted by atomic mass is 35.5. The van der Waals surface area contributed by atoms with E-state index in [9.17, 15) is 10.1 Å². The van der Waals surface area contributed by atoms with Gasteiger partial charge < -0.3 is 5.73 Å². The summed E-state index contributed by atoms with van der Waals surface area (Å²) in [5.41, 5.74) is 6.80. The van der Waals surface area contributed by atoms with Gasteiger partial charge in [-0.3, -0.25) is 10.1 Å². The Morgan fingerprint density at radius 3 is 2.69 bits per heavy atom. The monoisotopic (exact) mass is 240 g/mol. The van der Waals surface area contributed by atoms with Crippen LogP contribution in [0.15, 0.2) is 18.2 Å². The molecule has 1 aromatic carbocycles. The Morgan fingerprint density at radius 1 is 1.50 bits per heavy atom. The maximum absolute atomic E-state index is 10.7. The molecule has 2 rings (SSSR count). The van der Waals surface area contributed by atoms with Crippen LogP contribution in [-0.4, -0.2) is 4.92 Å². The first-order chi connectivity index (χ1) is 7.59. The van der Waals surface area contributed by atoms with Gasteiger partial charge >= 0.3 is 0 Å².